The number of hydrogen-bond donors (Lipinski definition) is 1. The SMILES string of the molecule is CCC1(CCCCN2CCc3sccc3C2)C(=O)Nc2ccc(Br)cc21. The molecule has 2 aliphatic rings. The molecule has 1 N–H and O–H groups in total. The van der Waals surface area contributed by atoms with E-state index in [1.54, 1.807) is 4.88 Å². The zero-order chi connectivity index (χ0) is 18.1. The van der Waals surface area contributed by atoms with Gasteiger partial charge >= 0.3 is 0 Å². The van der Waals surface area contributed by atoms with E-state index >= 15 is 0 Å². The maximum absolute atomic E-state index is 12.8. The lowest BCUT2D eigenvalue weighted by atomic mass is 9.75. The molecule has 0 saturated heterocycles. The normalized spacial score (nSPS) is 22.2. The predicted molar refractivity (Wildman–Crippen MR) is 112 cm³/mol. The third kappa shape index (κ3) is 3.25. The molecule has 1 aromatic carbocycles. The number of unbranched alkanes of at least 4 members (excludes halogenated alkanes) is 1. The number of carbonyl (C=O) groups is 1. The van der Waals surface area contributed by atoms with E-state index in [-0.39, 0.29) is 11.3 Å². The van der Waals surface area contributed by atoms with Crippen LogP contribution < -0.4 is 5.32 Å². The molecule has 0 saturated carbocycles. The van der Waals surface area contributed by atoms with E-state index in [0.29, 0.717) is 0 Å². The van der Waals surface area contributed by atoms with Crippen molar-refractivity contribution in [1.29, 1.82) is 0 Å². The molecular formula is C21H25BrN2OS. The van der Waals surface area contributed by atoms with E-state index in [9.17, 15) is 4.79 Å². The second kappa shape index (κ2) is 7.45. The van der Waals surface area contributed by atoms with Gasteiger partial charge in [-0.05, 0) is 73.0 Å². The zero-order valence-corrected chi connectivity index (χ0v) is 17.6. The summed E-state index contributed by atoms with van der Waals surface area (Å²) in [5.41, 5.74) is 3.31. The van der Waals surface area contributed by atoms with Crippen LogP contribution in [0.3, 0.4) is 0 Å². The van der Waals surface area contributed by atoms with Crippen molar-refractivity contribution in [3.05, 3.63) is 50.1 Å². The molecule has 2 aromatic rings. The van der Waals surface area contributed by atoms with Crippen molar-refractivity contribution in [2.45, 2.75) is 51.0 Å². The Balaban J connectivity index is 1.37. The summed E-state index contributed by atoms with van der Waals surface area (Å²) >= 11 is 5.46. The fraction of sp³-hybridized carbons (Fsp3) is 0.476. The number of thiophene rings is 1. The number of carbonyl (C=O) groups excluding carboxylic acids is 1. The van der Waals surface area contributed by atoms with E-state index in [0.717, 1.165) is 48.9 Å². The molecule has 0 radical (unpaired) electrons. The van der Waals surface area contributed by atoms with Crippen LogP contribution in [0.4, 0.5) is 5.69 Å². The molecule has 26 heavy (non-hydrogen) atoms. The molecule has 0 fully saturated rings. The number of anilines is 1. The first-order chi connectivity index (χ1) is 12.6. The number of benzene rings is 1. The van der Waals surface area contributed by atoms with Crippen molar-refractivity contribution in [2.24, 2.45) is 0 Å². The van der Waals surface area contributed by atoms with E-state index in [1.165, 1.54) is 24.1 Å². The van der Waals surface area contributed by atoms with Crippen molar-refractivity contribution < 1.29 is 4.79 Å². The Morgan fingerprint density at radius 2 is 2.19 bits per heavy atom. The highest BCUT2D eigenvalue weighted by atomic mass is 79.9. The maximum atomic E-state index is 12.8. The highest BCUT2D eigenvalue weighted by molar-refractivity contribution is 9.10. The van der Waals surface area contributed by atoms with Gasteiger partial charge in [0.25, 0.3) is 0 Å². The van der Waals surface area contributed by atoms with Crippen molar-refractivity contribution in [3.63, 3.8) is 0 Å². The second-order valence-electron chi connectivity index (χ2n) is 7.43. The quantitative estimate of drug-likeness (QED) is 0.624. The summed E-state index contributed by atoms with van der Waals surface area (Å²) < 4.78 is 1.05. The summed E-state index contributed by atoms with van der Waals surface area (Å²) in [6.45, 7) is 5.52. The molecule has 1 amide bonds. The van der Waals surface area contributed by atoms with Crippen LogP contribution in [-0.4, -0.2) is 23.9 Å². The van der Waals surface area contributed by atoms with E-state index in [2.05, 4.69) is 50.6 Å². The van der Waals surface area contributed by atoms with Crippen LogP contribution in [-0.2, 0) is 23.2 Å². The summed E-state index contributed by atoms with van der Waals surface area (Å²) in [6.07, 6.45) is 5.20. The van der Waals surface area contributed by atoms with E-state index < -0.39 is 0 Å². The topological polar surface area (TPSA) is 32.3 Å². The van der Waals surface area contributed by atoms with Crippen LogP contribution in [0, 0.1) is 0 Å². The van der Waals surface area contributed by atoms with Crippen LogP contribution in [0.1, 0.15) is 48.6 Å². The average Bonchev–Trinajstić information content (AvgIpc) is 3.21. The fourth-order valence-corrected chi connectivity index (χ4v) is 5.67. The number of halogens is 1. The standard InChI is InChI=1S/C21H25BrN2OS/c1-2-21(17-13-16(22)5-6-18(17)23-20(21)25)9-3-4-10-24-11-7-19-15(14-24)8-12-26-19/h5-6,8,12-13H,2-4,7,9-11,14H2,1H3,(H,23,25). The lowest BCUT2D eigenvalue weighted by Gasteiger charge is -2.29. The van der Waals surface area contributed by atoms with Crippen molar-refractivity contribution >= 4 is 38.9 Å². The first-order valence-corrected chi connectivity index (χ1v) is 11.2. The predicted octanol–water partition coefficient (Wildman–Crippen LogP) is 5.34. The summed E-state index contributed by atoms with van der Waals surface area (Å²) in [7, 11) is 0. The van der Waals surface area contributed by atoms with Gasteiger partial charge < -0.3 is 5.32 Å². The van der Waals surface area contributed by atoms with Crippen LogP contribution >= 0.6 is 27.3 Å². The number of amides is 1. The fourth-order valence-electron chi connectivity index (χ4n) is 4.42. The molecule has 1 atom stereocenters. The molecule has 0 spiro atoms. The number of nitrogens with one attached hydrogen (secondary N) is 1. The Hall–Kier alpha value is -1.17. The molecule has 138 valence electrons. The van der Waals surface area contributed by atoms with Gasteiger partial charge in [-0.3, -0.25) is 9.69 Å². The van der Waals surface area contributed by atoms with Crippen molar-refractivity contribution in [2.75, 3.05) is 18.4 Å². The lowest BCUT2D eigenvalue weighted by molar-refractivity contribution is -0.121. The summed E-state index contributed by atoms with van der Waals surface area (Å²) in [5, 5.41) is 5.31. The molecule has 5 heteroatoms. The monoisotopic (exact) mass is 432 g/mol. The number of nitrogens with zero attached hydrogens (tertiary/aromatic N) is 1. The molecule has 0 aliphatic carbocycles. The van der Waals surface area contributed by atoms with Gasteiger partial charge in [-0.15, -0.1) is 11.3 Å². The van der Waals surface area contributed by atoms with Gasteiger partial charge in [-0.1, -0.05) is 29.3 Å². The Bertz CT molecular complexity index is 818. The van der Waals surface area contributed by atoms with Crippen LogP contribution in [0.25, 0.3) is 0 Å². The van der Waals surface area contributed by atoms with Gasteiger partial charge in [0.2, 0.25) is 5.91 Å². The minimum Gasteiger partial charge on any atom is -0.325 e. The molecule has 4 rings (SSSR count). The van der Waals surface area contributed by atoms with E-state index in [4.69, 9.17) is 0 Å². The summed E-state index contributed by atoms with van der Waals surface area (Å²) in [6, 6.07) is 8.41. The minimum absolute atomic E-state index is 0.175. The molecule has 1 aromatic heterocycles. The number of hydrogen-bond acceptors (Lipinski definition) is 3. The number of fused-ring (bicyclic) bond motifs is 2. The van der Waals surface area contributed by atoms with Gasteiger partial charge in [0.15, 0.2) is 0 Å². The van der Waals surface area contributed by atoms with Gasteiger partial charge in [-0.2, -0.15) is 0 Å². The minimum atomic E-state index is -0.360. The van der Waals surface area contributed by atoms with Gasteiger partial charge in [0.05, 0.1) is 5.41 Å². The Morgan fingerprint density at radius 3 is 3.04 bits per heavy atom. The number of rotatable bonds is 6. The third-order valence-electron chi connectivity index (χ3n) is 6.00. The molecular weight excluding hydrogens is 408 g/mol. The summed E-state index contributed by atoms with van der Waals surface area (Å²) in [5.74, 6) is 0.175. The largest absolute Gasteiger partial charge is 0.325 e. The van der Waals surface area contributed by atoms with Gasteiger partial charge in [0.1, 0.15) is 0 Å². The Kier molecular flexibility index (Phi) is 5.22. The van der Waals surface area contributed by atoms with Gasteiger partial charge in [-0.25, -0.2) is 0 Å². The average molecular weight is 433 g/mol. The third-order valence-corrected chi connectivity index (χ3v) is 7.51. The maximum Gasteiger partial charge on any atom is 0.235 e. The Labute approximate surface area is 167 Å². The van der Waals surface area contributed by atoms with Crippen LogP contribution in [0.15, 0.2) is 34.1 Å². The zero-order valence-electron chi connectivity index (χ0n) is 15.2. The molecule has 3 nitrogen and oxygen atoms in total. The molecule has 0 bridgehead atoms. The van der Waals surface area contributed by atoms with Crippen molar-refractivity contribution in [1.82, 2.24) is 4.90 Å². The smallest absolute Gasteiger partial charge is 0.235 e. The van der Waals surface area contributed by atoms with Crippen LogP contribution in [0.5, 0.6) is 0 Å². The summed E-state index contributed by atoms with van der Waals surface area (Å²) in [4.78, 5) is 16.9. The lowest BCUT2D eigenvalue weighted by Crippen LogP contribution is -2.34. The highest BCUT2D eigenvalue weighted by Crippen LogP contribution is 2.44. The first kappa shape index (κ1) is 18.2. The highest BCUT2D eigenvalue weighted by Gasteiger charge is 2.44. The van der Waals surface area contributed by atoms with Crippen LogP contribution in [0.2, 0.25) is 0 Å². The van der Waals surface area contributed by atoms with Gasteiger partial charge in [0, 0.05) is 28.1 Å². The second-order valence-corrected chi connectivity index (χ2v) is 9.35. The Morgan fingerprint density at radius 1 is 1.31 bits per heavy atom. The van der Waals surface area contributed by atoms with Crippen molar-refractivity contribution in [3.8, 4) is 0 Å². The molecule has 2 aliphatic heterocycles. The van der Waals surface area contributed by atoms with E-state index in [1.807, 2.05) is 23.5 Å². The molecule has 3 heterocycles. The molecule has 1 unspecified atom stereocenters. The first-order valence-electron chi connectivity index (χ1n) is 9.51.